The first-order valence-electron chi connectivity index (χ1n) is 7.36. The number of rotatable bonds is 3. The predicted octanol–water partition coefficient (Wildman–Crippen LogP) is 2.98. The van der Waals surface area contributed by atoms with Crippen molar-refractivity contribution in [1.29, 1.82) is 0 Å². The van der Waals surface area contributed by atoms with Crippen molar-refractivity contribution in [3.8, 4) is 0 Å². The minimum Gasteiger partial charge on any atom is -0.347 e. The lowest BCUT2D eigenvalue weighted by Crippen LogP contribution is -2.25. The number of hydrogen-bond donors (Lipinski definition) is 1. The quantitative estimate of drug-likeness (QED) is 0.699. The SMILES string of the molecule is CC(C)Cn1cc(/C=C2\NC(=S)N(C)C2=O)c2ccccc21. The molecule has 0 bridgehead atoms. The molecule has 0 radical (unpaired) electrons. The summed E-state index contributed by atoms with van der Waals surface area (Å²) in [6, 6.07) is 8.25. The number of amides is 1. The van der Waals surface area contributed by atoms with Gasteiger partial charge in [-0.05, 0) is 30.3 Å². The summed E-state index contributed by atoms with van der Waals surface area (Å²) < 4.78 is 2.24. The lowest BCUT2D eigenvalue weighted by molar-refractivity contribution is -0.121. The number of carbonyl (C=O) groups is 1. The summed E-state index contributed by atoms with van der Waals surface area (Å²) in [7, 11) is 1.68. The van der Waals surface area contributed by atoms with E-state index in [9.17, 15) is 4.79 Å². The second kappa shape index (κ2) is 5.57. The van der Waals surface area contributed by atoms with Gasteiger partial charge in [-0.3, -0.25) is 9.69 Å². The van der Waals surface area contributed by atoms with Gasteiger partial charge in [0.1, 0.15) is 5.70 Å². The fourth-order valence-corrected chi connectivity index (χ4v) is 2.91. The monoisotopic (exact) mass is 313 g/mol. The average Bonchev–Trinajstić information content (AvgIpc) is 2.93. The first kappa shape index (κ1) is 14.8. The van der Waals surface area contributed by atoms with Crippen molar-refractivity contribution in [1.82, 2.24) is 14.8 Å². The maximum Gasteiger partial charge on any atom is 0.276 e. The van der Waals surface area contributed by atoms with Crippen LogP contribution in [0.25, 0.3) is 17.0 Å². The molecule has 1 aliphatic heterocycles. The lowest BCUT2D eigenvalue weighted by atomic mass is 10.1. The molecule has 1 N–H and O–H groups in total. The highest BCUT2D eigenvalue weighted by atomic mass is 32.1. The van der Waals surface area contributed by atoms with E-state index < -0.39 is 0 Å². The standard InChI is InChI=1S/C17H19N3OS/c1-11(2)9-20-10-12(13-6-4-5-7-15(13)20)8-14-16(21)19(3)17(22)18-14/h4-8,10-11H,9H2,1-3H3,(H,18,22)/b14-8-. The maximum absolute atomic E-state index is 12.1. The summed E-state index contributed by atoms with van der Waals surface area (Å²) in [5.74, 6) is 0.465. The normalized spacial score (nSPS) is 17.1. The van der Waals surface area contributed by atoms with Crippen LogP contribution in [0.1, 0.15) is 19.4 Å². The van der Waals surface area contributed by atoms with Gasteiger partial charge < -0.3 is 9.88 Å². The van der Waals surface area contributed by atoms with Gasteiger partial charge in [-0.15, -0.1) is 0 Å². The van der Waals surface area contributed by atoms with E-state index in [2.05, 4.69) is 42.1 Å². The molecule has 2 aromatic rings. The van der Waals surface area contributed by atoms with Gasteiger partial charge in [0, 0.05) is 36.3 Å². The van der Waals surface area contributed by atoms with Crippen molar-refractivity contribution in [2.75, 3.05) is 7.05 Å². The molecular formula is C17H19N3OS. The van der Waals surface area contributed by atoms with Crippen LogP contribution in [0, 0.1) is 5.92 Å². The number of para-hydroxylation sites is 1. The summed E-state index contributed by atoms with van der Waals surface area (Å²) in [6.45, 7) is 5.34. The van der Waals surface area contributed by atoms with Gasteiger partial charge in [0.05, 0.1) is 0 Å². The largest absolute Gasteiger partial charge is 0.347 e. The van der Waals surface area contributed by atoms with Gasteiger partial charge in [-0.1, -0.05) is 32.0 Å². The van der Waals surface area contributed by atoms with Crippen LogP contribution in [-0.4, -0.2) is 27.5 Å². The number of benzene rings is 1. The number of likely N-dealkylation sites (N-methyl/N-ethyl adjacent to an activating group) is 1. The third kappa shape index (κ3) is 2.52. The van der Waals surface area contributed by atoms with Crippen LogP contribution in [0.2, 0.25) is 0 Å². The average molecular weight is 313 g/mol. The number of thiocarbonyl (C=S) groups is 1. The molecule has 0 atom stereocenters. The molecule has 0 spiro atoms. The second-order valence-electron chi connectivity index (χ2n) is 6.00. The van der Waals surface area contributed by atoms with E-state index in [1.807, 2.05) is 18.2 Å². The molecule has 0 unspecified atom stereocenters. The van der Waals surface area contributed by atoms with E-state index in [1.54, 1.807) is 7.05 Å². The van der Waals surface area contributed by atoms with Crippen LogP contribution in [-0.2, 0) is 11.3 Å². The Balaban J connectivity index is 2.08. The highest BCUT2D eigenvalue weighted by Crippen LogP contribution is 2.25. The predicted molar refractivity (Wildman–Crippen MR) is 93.3 cm³/mol. The van der Waals surface area contributed by atoms with Crippen LogP contribution in [0.3, 0.4) is 0 Å². The third-order valence-corrected chi connectivity index (χ3v) is 4.14. The van der Waals surface area contributed by atoms with Crippen LogP contribution < -0.4 is 5.32 Å². The molecule has 4 nitrogen and oxygen atoms in total. The lowest BCUT2D eigenvalue weighted by Gasteiger charge is -2.07. The van der Waals surface area contributed by atoms with Crippen molar-refractivity contribution in [2.24, 2.45) is 5.92 Å². The molecule has 1 fully saturated rings. The Morgan fingerprint density at radius 3 is 2.68 bits per heavy atom. The number of fused-ring (bicyclic) bond motifs is 1. The van der Waals surface area contributed by atoms with Crippen molar-refractivity contribution < 1.29 is 4.79 Å². The van der Waals surface area contributed by atoms with Crippen molar-refractivity contribution >= 4 is 40.2 Å². The first-order valence-corrected chi connectivity index (χ1v) is 7.77. The Kier molecular flexibility index (Phi) is 3.74. The highest BCUT2D eigenvalue weighted by Gasteiger charge is 2.27. The molecule has 1 saturated heterocycles. The van der Waals surface area contributed by atoms with Crippen molar-refractivity contribution in [3.63, 3.8) is 0 Å². The zero-order valence-electron chi connectivity index (χ0n) is 13.0. The number of hydrogen-bond acceptors (Lipinski definition) is 2. The van der Waals surface area contributed by atoms with E-state index in [4.69, 9.17) is 12.2 Å². The van der Waals surface area contributed by atoms with E-state index in [1.165, 1.54) is 10.4 Å². The zero-order valence-corrected chi connectivity index (χ0v) is 13.8. The molecule has 1 aliphatic rings. The van der Waals surface area contributed by atoms with Crippen LogP contribution >= 0.6 is 12.2 Å². The smallest absolute Gasteiger partial charge is 0.276 e. The first-order chi connectivity index (χ1) is 10.5. The fraction of sp³-hybridized carbons (Fsp3) is 0.294. The molecule has 0 saturated carbocycles. The summed E-state index contributed by atoms with van der Waals surface area (Å²) in [5.41, 5.74) is 2.74. The molecule has 1 aromatic carbocycles. The Bertz CT molecular complexity index is 788. The molecule has 1 amide bonds. The van der Waals surface area contributed by atoms with E-state index in [0.29, 0.717) is 16.7 Å². The Morgan fingerprint density at radius 2 is 2.05 bits per heavy atom. The number of nitrogens with one attached hydrogen (secondary N) is 1. The molecule has 0 aliphatic carbocycles. The summed E-state index contributed by atoms with van der Waals surface area (Å²) in [4.78, 5) is 13.6. The Morgan fingerprint density at radius 1 is 1.32 bits per heavy atom. The molecule has 114 valence electrons. The molecule has 2 heterocycles. The summed E-state index contributed by atoms with van der Waals surface area (Å²) in [5, 5.41) is 4.57. The number of nitrogens with zero attached hydrogens (tertiary/aromatic N) is 2. The van der Waals surface area contributed by atoms with Gasteiger partial charge in [-0.2, -0.15) is 0 Å². The van der Waals surface area contributed by atoms with Gasteiger partial charge in [0.25, 0.3) is 5.91 Å². The summed E-state index contributed by atoms with van der Waals surface area (Å²) in [6.07, 6.45) is 3.99. The number of carbonyl (C=O) groups excluding carboxylic acids is 1. The maximum atomic E-state index is 12.1. The van der Waals surface area contributed by atoms with Gasteiger partial charge in [-0.25, -0.2) is 0 Å². The molecule has 22 heavy (non-hydrogen) atoms. The van der Waals surface area contributed by atoms with Gasteiger partial charge in [0.2, 0.25) is 0 Å². The van der Waals surface area contributed by atoms with Gasteiger partial charge >= 0.3 is 0 Å². The number of aromatic nitrogens is 1. The summed E-state index contributed by atoms with van der Waals surface area (Å²) >= 11 is 5.12. The zero-order chi connectivity index (χ0) is 15.9. The Labute approximate surface area is 135 Å². The molecule has 1 aromatic heterocycles. The van der Waals surface area contributed by atoms with Crippen LogP contribution in [0.5, 0.6) is 0 Å². The van der Waals surface area contributed by atoms with Crippen LogP contribution in [0.4, 0.5) is 0 Å². The molecule has 5 heteroatoms. The Hall–Kier alpha value is -2.14. The van der Waals surface area contributed by atoms with Crippen LogP contribution in [0.15, 0.2) is 36.2 Å². The molecular weight excluding hydrogens is 294 g/mol. The van der Waals surface area contributed by atoms with E-state index >= 15 is 0 Å². The highest BCUT2D eigenvalue weighted by molar-refractivity contribution is 7.80. The third-order valence-electron chi connectivity index (χ3n) is 3.76. The van der Waals surface area contributed by atoms with E-state index in [0.717, 1.165) is 17.5 Å². The van der Waals surface area contributed by atoms with E-state index in [-0.39, 0.29) is 5.91 Å². The minimum atomic E-state index is -0.0920. The molecule has 3 rings (SSSR count). The van der Waals surface area contributed by atoms with Crippen molar-refractivity contribution in [2.45, 2.75) is 20.4 Å². The second-order valence-corrected chi connectivity index (χ2v) is 6.39. The van der Waals surface area contributed by atoms with Gasteiger partial charge in [0.15, 0.2) is 5.11 Å². The van der Waals surface area contributed by atoms with Crippen molar-refractivity contribution in [3.05, 3.63) is 41.7 Å². The fourth-order valence-electron chi connectivity index (χ4n) is 2.71. The topological polar surface area (TPSA) is 37.3 Å². The minimum absolute atomic E-state index is 0.0920.